The molecule has 0 amide bonds. The third-order valence-electron chi connectivity index (χ3n) is 3.72. The molecule has 1 saturated heterocycles. The summed E-state index contributed by atoms with van der Waals surface area (Å²) >= 11 is 3.45. The van der Waals surface area contributed by atoms with Gasteiger partial charge in [-0.15, -0.1) is 0 Å². The fourth-order valence-corrected chi connectivity index (χ4v) is 2.77. The fourth-order valence-electron chi connectivity index (χ4n) is 2.51. The lowest BCUT2D eigenvalue weighted by Crippen LogP contribution is -2.48. The number of benzene rings is 1. The molecule has 1 aromatic rings. The molecule has 1 unspecified atom stereocenters. The van der Waals surface area contributed by atoms with Gasteiger partial charge in [0.1, 0.15) is 0 Å². The molecule has 1 aromatic carbocycles. The normalized spacial score (nSPS) is 19.9. The Morgan fingerprint density at radius 3 is 2.28 bits per heavy atom. The second kappa shape index (κ2) is 6.66. The highest BCUT2D eigenvalue weighted by atomic mass is 79.9. The van der Waals surface area contributed by atoms with Crippen molar-refractivity contribution < 1.29 is 5.11 Å². The van der Waals surface area contributed by atoms with Gasteiger partial charge in [0.05, 0.1) is 12.6 Å². The topological polar surface area (TPSA) is 26.7 Å². The number of piperazine rings is 1. The molecule has 0 spiro atoms. The van der Waals surface area contributed by atoms with Crippen LogP contribution in [0, 0.1) is 0 Å². The summed E-state index contributed by atoms with van der Waals surface area (Å²) in [6.07, 6.45) is 0. The van der Waals surface area contributed by atoms with Crippen molar-refractivity contribution in [2.24, 2.45) is 0 Å². The number of halogens is 1. The molecular formula is C14H21BrN2O. The van der Waals surface area contributed by atoms with Gasteiger partial charge >= 0.3 is 0 Å². The summed E-state index contributed by atoms with van der Waals surface area (Å²) in [6, 6.07) is 8.41. The van der Waals surface area contributed by atoms with Gasteiger partial charge in [-0.1, -0.05) is 35.0 Å². The van der Waals surface area contributed by atoms with E-state index >= 15 is 0 Å². The summed E-state index contributed by atoms with van der Waals surface area (Å²) in [4.78, 5) is 4.84. The van der Waals surface area contributed by atoms with Crippen LogP contribution in [0.3, 0.4) is 0 Å². The molecule has 4 heteroatoms. The molecule has 100 valence electrons. The highest BCUT2D eigenvalue weighted by Gasteiger charge is 2.23. The fraction of sp³-hybridized carbons (Fsp3) is 0.571. The molecular weight excluding hydrogens is 292 g/mol. The van der Waals surface area contributed by atoms with E-state index in [2.05, 4.69) is 44.8 Å². The van der Waals surface area contributed by atoms with Crippen molar-refractivity contribution in [3.05, 3.63) is 34.3 Å². The van der Waals surface area contributed by atoms with Gasteiger partial charge in [0.15, 0.2) is 0 Å². The van der Waals surface area contributed by atoms with E-state index in [4.69, 9.17) is 0 Å². The number of rotatable bonds is 4. The largest absolute Gasteiger partial charge is 0.394 e. The molecule has 1 heterocycles. The molecule has 1 fully saturated rings. The first kappa shape index (κ1) is 14.0. The second-order valence-electron chi connectivity index (χ2n) is 4.72. The summed E-state index contributed by atoms with van der Waals surface area (Å²) in [6.45, 7) is 7.79. The minimum atomic E-state index is 0.136. The Balaban J connectivity index is 2.03. The molecule has 3 nitrogen and oxygen atoms in total. The van der Waals surface area contributed by atoms with Crippen LogP contribution in [0.4, 0.5) is 0 Å². The molecule has 0 bridgehead atoms. The summed E-state index contributed by atoms with van der Waals surface area (Å²) in [5.74, 6) is 0. The van der Waals surface area contributed by atoms with Gasteiger partial charge in [0.25, 0.3) is 0 Å². The van der Waals surface area contributed by atoms with Gasteiger partial charge in [0, 0.05) is 30.7 Å². The molecule has 1 N–H and O–H groups in total. The average molecular weight is 313 g/mol. The van der Waals surface area contributed by atoms with E-state index in [0.29, 0.717) is 0 Å². The first-order valence-electron chi connectivity index (χ1n) is 6.57. The third-order valence-corrected chi connectivity index (χ3v) is 4.25. The number of hydrogen-bond acceptors (Lipinski definition) is 3. The highest BCUT2D eigenvalue weighted by Crippen LogP contribution is 2.23. The quantitative estimate of drug-likeness (QED) is 0.922. The van der Waals surface area contributed by atoms with E-state index < -0.39 is 0 Å². The zero-order valence-electron chi connectivity index (χ0n) is 10.8. The standard InChI is InChI=1S/C14H21BrN2O/c1-2-16-7-9-17(10-8-16)14(11-18)12-3-5-13(15)6-4-12/h3-6,14,18H,2,7-11H2,1H3. The number of nitrogens with zero attached hydrogens (tertiary/aromatic N) is 2. The minimum Gasteiger partial charge on any atom is -0.394 e. The lowest BCUT2D eigenvalue weighted by Gasteiger charge is -2.38. The van der Waals surface area contributed by atoms with E-state index in [1.165, 1.54) is 5.56 Å². The van der Waals surface area contributed by atoms with Crippen molar-refractivity contribution in [1.29, 1.82) is 0 Å². The zero-order valence-corrected chi connectivity index (χ0v) is 12.4. The van der Waals surface area contributed by atoms with Crippen LogP contribution in [0.25, 0.3) is 0 Å². The predicted molar refractivity (Wildman–Crippen MR) is 77.7 cm³/mol. The van der Waals surface area contributed by atoms with Gasteiger partial charge in [-0.25, -0.2) is 0 Å². The molecule has 0 aliphatic carbocycles. The molecule has 1 aliphatic rings. The maximum absolute atomic E-state index is 9.66. The Kier molecular flexibility index (Phi) is 5.18. The van der Waals surface area contributed by atoms with E-state index in [9.17, 15) is 5.11 Å². The Labute approximate surface area is 118 Å². The van der Waals surface area contributed by atoms with E-state index in [1.54, 1.807) is 0 Å². The predicted octanol–water partition coefficient (Wildman–Crippen LogP) is 2.12. The van der Waals surface area contributed by atoms with Crippen molar-refractivity contribution in [3.63, 3.8) is 0 Å². The molecule has 1 aliphatic heterocycles. The Morgan fingerprint density at radius 1 is 1.17 bits per heavy atom. The molecule has 0 radical (unpaired) electrons. The zero-order chi connectivity index (χ0) is 13.0. The van der Waals surface area contributed by atoms with Gasteiger partial charge in [-0.3, -0.25) is 4.90 Å². The number of hydrogen-bond donors (Lipinski definition) is 1. The lowest BCUT2D eigenvalue weighted by molar-refractivity contribution is 0.0672. The highest BCUT2D eigenvalue weighted by molar-refractivity contribution is 9.10. The monoisotopic (exact) mass is 312 g/mol. The van der Waals surface area contributed by atoms with Crippen LogP contribution in [0.15, 0.2) is 28.7 Å². The third kappa shape index (κ3) is 3.32. The SMILES string of the molecule is CCN1CCN(C(CO)c2ccc(Br)cc2)CC1. The van der Waals surface area contributed by atoms with Crippen molar-refractivity contribution in [2.45, 2.75) is 13.0 Å². The van der Waals surface area contributed by atoms with Crippen LogP contribution in [0.1, 0.15) is 18.5 Å². The summed E-state index contributed by atoms with van der Waals surface area (Å²) in [5, 5.41) is 9.66. The van der Waals surface area contributed by atoms with Crippen molar-refractivity contribution in [1.82, 2.24) is 9.80 Å². The maximum atomic E-state index is 9.66. The second-order valence-corrected chi connectivity index (χ2v) is 5.64. The summed E-state index contributed by atoms with van der Waals surface area (Å²) in [7, 11) is 0. The van der Waals surface area contributed by atoms with Crippen molar-refractivity contribution in [2.75, 3.05) is 39.3 Å². The van der Waals surface area contributed by atoms with E-state index in [1.807, 2.05) is 12.1 Å². The smallest absolute Gasteiger partial charge is 0.0628 e. The maximum Gasteiger partial charge on any atom is 0.0628 e. The van der Waals surface area contributed by atoms with Crippen LogP contribution >= 0.6 is 15.9 Å². The summed E-state index contributed by atoms with van der Waals surface area (Å²) < 4.78 is 1.08. The van der Waals surface area contributed by atoms with Gasteiger partial charge in [-0.05, 0) is 24.2 Å². The first-order valence-corrected chi connectivity index (χ1v) is 7.36. The Morgan fingerprint density at radius 2 is 1.78 bits per heavy atom. The average Bonchev–Trinajstić information content (AvgIpc) is 2.42. The van der Waals surface area contributed by atoms with Crippen LogP contribution < -0.4 is 0 Å². The van der Waals surface area contributed by atoms with E-state index in [-0.39, 0.29) is 12.6 Å². The first-order chi connectivity index (χ1) is 8.74. The van der Waals surface area contributed by atoms with Crippen molar-refractivity contribution >= 4 is 15.9 Å². The summed E-state index contributed by atoms with van der Waals surface area (Å²) in [5.41, 5.74) is 1.20. The van der Waals surface area contributed by atoms with Gasteiger partial charge < -0.3 is 10.0 Å². The lowest BCUT2D eigenvalue weighted by atomic mass is 10.1. The Hall–Kier alpha value is -0.420. The van der Waals surface area contributed by atoms with Crippen LogP contribution in [-0.2, 0) is 0 Å². The van der Waals surface area contributed by atoms with Crippen LogP contribution in [0.5, 0.6) is 0 Å². The molecule has 0 saturated carbocycles. The molecule has 1 atom stereocenters. The number of aliphatic hydroxyl groups is 1. The van der Waals surface area contributed by atoms with Crippen LogP contribution in [0.2, 0.25) is 0 Å². The van der Waals surface area contributed by atoms with Crippen molar-refractivity contribution in [3.8, 4) is 0 Å². The van der Waals surface area contributed by atoms with E-state index in [0.717, 1.165) is 37.2 Å². The molecule has 2 rings (SSSR count). The molecule has 0 aromatic heterocycles. The molecule has 18 heavy (non-hydrogen) atoms. The van der Waals surface area contributed by atoms with Gasteiger partial charge in [-0.2, -0.15) is 0 Å². The minimum absolute atomic E-state index is 0.136. The van der Waals surface area contributed by atoms with Crippen LogP contribution in [-0.4, -0.2) is 54.2 Å². The van der Waals surface area contributed by atoms with Gasteiger partial charge in [0.2, 0.25) is 0 Å². The Bertz CT molecular complexity index is 361. The number of likely N-dealkylation sites (N-methyl/N-ethyl adjacent to an activating group) is 1. The number of aliphatic hydroxyl groups excluding tert-OH is 1.